The van der Waals surface area contributed by atoms with Crippen LogP contribution in [0.1, 0.15) is 45.4 Å². The number of primary amides is 1. The highest BCUT2D eigenvalue weighted by molar-refractivity contribution is 5.76. The molecule has 0 bridgehead atoms. The fourth-order valence-electron chi connectivity index (χ4n) is 3.93. The van der Waals surface area contributed by atoms with Gasteiger partial charge in [-0.25, -0.2) is 0 Å². The molecule has 4 atom stereocenters. The number of piperidine rings is 1. The quantitative estimate of drug-likeness (QED) is 0.807. The van der Waals surface area contributed by atoms with Crippen molar-refractivity contribution in [3.8, 4) is 0 Å². The predicted molar refractivity (Wildman–Crippen MR) is 77.5 cm³/mol. The molecule has 4 N–H and O–H groups in total. The van der Waals surface area contributed by atoms with Crippen LogP contribution in [-0.4, -0.2) is 36.5 Å². The Kier molecular flexibility index (Phi) is 5.22. The first-order valence-corrected chi connectivity index (χ1v) is 7.89. The van der Waals surface area contributed by atoms with Crippen LogP contribution in [0.15, 0.2) is 0 Å². The molecule has 1 amide bonds. The summed E-state index contributed by atoms with van der Waals surface area (Å²) in [5, 5.41) is 0. The molecule has 1 saturated heterocycles. The van der Waals surface area contributed by atoms with Crippen LogP contribution in [0.4, 0.5) is 0 Å². The second-order valence-corrected chi connectivity index (χ2v) is 6.39. The molecule has 1 aliphatic carbocycles. The summed E-state index contributed by atoms with van der Waals surface area (Å²) in [6.45, 7) is 5.03. The van der Waals surface area contributed by atoms with Crippen molar-refractivity contribution in [3.63, 3.8) is 0 Å². The fraction of sp³-hybridized carbons (Fsp3) is 0.933. The lowest BCUT2D eigenvalue weighted by Crippen LogP contribution is -2.52. The zero-order chi connectivity index (χ0) is 13.8. The van der Waals surface area contributed by atoms with Gasteiger partial charge in [0.2, 0.25) is 5.91 Å². The third-order valence-corrected chi connectivity index (χ3v) is 5.27. The van der Waals surface area contributed by atoms with Crippen molar-refractivity contribution in [2.75, 3.05) is 19.6 Å². The molecule has 0 radical (unpaired) electrons. The SMILES string of the molecule is CCC1CCC(CN)C(N2CCCC(C(N)=O)C2)C1. The van der Waals surface area contributed by atoms with Gasteiger partial charge in [0, 0.05) is 12.6 Å². The fourth-order valence-corrected chi connectivity index (χ4v) is 3.93. The molecule has 1 saturated carbocycles. The van der Waals surface area contributed by atoms with E-state index >= 15 is 0 Å². The van der Waals surface area contributed by atoms with E-state index in [1.165, 1.54) is 25.7 Å². The molecule has 0 aromatic carbocycles. The Morgan fingerprint density at radius 3 is 2.74 bits per heavy atom. The normalized spacial score (nSPS) is 37.2. The van der Waals surface area contributed by atoms with Gasteiger partial charge >= 0.3 is 0 Å². The number of hydrogen-bond acceptors (Lipinski definition) is 3. The van der Waals surface area contributed by atoms with E-state index in [-0.39, 0.29) is 11.8 Å². The molecular formula is C15H29N3O. The first kappa shape index (κ1) is 14.8. The van der Waals surface area contributed by atoms with E-state index < -0.39 is 0 Å². The van der Waals surface area contributed by atoms with Crippen molar-refractivity contribution in [2.45, 2.75) is 51.5 Å². The number of hydrogen-bond donors (Lipinski definition) is 2. The third kappa shape index (κ3) is 3.48. The van der Waals surface area contributed by atoms with Crippen molar-refractivity contribution in [1.82, 2.24) is 4.90 Å². The molecule has 1 aliphatic heterocycles. The van der Waals surface area contributed by atoms with Crippen LogP contribution in [0, 0.1) is 17.8 Å². The second kappa shape index (κ2) is 6.71. The van der Waals surface area contributed by atoms with Gasteiger partial charge in [-0.15, -0.1) is 0 Å². The minimum absolute atomic E-state index is 0.0502. The maximum absolute atomic E-state index is 11.4. The van der Waals surface area contributed by atoms with Crippen LogP contribution in [0.2, 0.25) is 0 Å². The lowest BCUT2D eigenvalue weighted by Gasteiger charge is -2.45. The van der Waals surface area contributed by atoms with Gasteiger partial charge in [0.05, 0.1) is 5.92 Å². The Hall–Kier alpha value is -0.610. The molecule has 2 rings (SSSR count). The summed E-state index contributed by atoms with van der Waals surface area (Å²) in [5.74, 6) is 1.36. The van der Waals surface area contributed by atoms with E-state index in [1.807, 2.05) is 0 Å². The van der Waals surface area contributed by atoms with Crippen LogP contribution in [-0.2, 0) is 4.79 Å². The van der Waals surface area contributed by atoms with Crippen LogP contribution in [0.5, 0.6) is 0 Å². The zero-order valence-corrected chi connectivity index (χ0v) is 12.2. The van der Waals surface area contributed by atoms with Gasteiger partial charge in [0.15, 0.2) is 0 Å². The minimum atomic E-state index is -0.128. The Balaban J connectivity index is 2.01. The third-order valence-electron chi connectivity index (χ3n) is 5.27. The van der Waals surface area contributed by atoms with Gasteiger partial charge in [-0.2, -0.15) is 0 Å². The number of nitrogens with two attached hydrogens (primary N) is 2. The Morgan fingerprint density at radius 2 is 2.11 bits per heavy atom. The maximum Gasteiger partial charge on any atom is 0.221 e. The van der Waals surface area contributed by atoms with Crippen LogP contribution < -0.4 is 11.5 Å². The number of nitrogens with zero attached hydrogens (tertiary/aromatic N) is 1. The number of rotatable bonds is 4. The van der Waals surface area contributed by atoms with Crippen LogP contribution >= 0.6 is 0 Å². The van der Waals surface area contributed by atoms with E-state index in [0.717, 1.165) is 38.4 Å². The average Bonchev–Trinajstić information content (AvgIpc) is 2.46. The molecule has 0 aromatic heterocycles. The van der Waals surface area contributed by atoms with Crippen LogP contribution in [0.25, 0.3) is 0 Å². The van der Waals surface area contributed by atoms with E-state index in [4.69, 9.17) is 11.5 Å². The molecule has 0 spiro atoms. The van der Waals surface area contributed by atoms with Crippen molar-refractivity contribution >= 4 is 5.91 Å². The molecule has 4 heteroatoms. The Morgan fingerprint density at radius 1 is 1.32 bits per heavy atom. The van der Waals surface area contributed by atoms with Crippen molar-refractivity contribution in [1.29, 1.82) is 0 Å². The highest BCUT2D eigenvalue weighted by Crippen LogP contribution is 2.35. The monoisotopic (exact) mass is 267 g/mol. The maximum atomic E-state index is 11.4. The first-order chi connectivity index (χ1) is 9.15. The summed E-state index contributed by atoms with van der Waals surface area (Å²) in [4.78, 5) is 13.9. The topological polar surface area (TPSA) is 72.3 Å². The molecule has 2 fully saturated rings. The molecule has 19 heavy (non-hydrogen) atoms. The van der Waals surface area contributed by atoms with E-state index in [0.29, 0.717) is 12.0 Å². The summed E-state index contributed by atoms with van der Waals surface area (Å²) in [7, 11) is 0. The first-order valence-electron chi connectivity index (χ1n) is 7.89. The second-order valence-electron chi connectivity index (χ2n) is 6.39. The van der Waals surface area contributed by atoms with Gasteiger partial charge in [0.1, 0.15) is 0 Å². The van der Waals surface area contributed by atoms with Crippen molar-refractivity contribution in [2.24, 2.45) is 29.2 Å². The lowest BCUT2D eigenvalue weighted by molar-refractivity contribution is -0.124. The van der Waals surface area contributed by atoms with Gasteiger partial charge in [-0.3, -0.25) is 9.69 Å². The lowest BCUT2D eigenvalue weighted by atomic mass is 9.75. The summed E-state index contributed by atoms with van der Waals surface area (Å²) in [5.41, 5.74) is 11.5. The Bertz CT molecular complexity index is 308. The summed E-state index contributed by atoms with van der Waals surface area (Å²) >= 11 is 0. The molecule has 2 aliphatic rings. The van der Waals surface area contributed by atoms with E-state index in [1.54, 1.807) is 0 Å². The van der Waals surface area contributed by atoms with Gasteiger partial charge in [0.25, 0.3) is 0 Å². The molecule has 0 aromatic rings. The average molecular weight is 267 g/mol. The van der Waals surface area contributed by atoms with Crippen LogP contribution in [0.3, 0.4) is 0 Å². The van der Waals surface area contributed by atoms with Crippen molar-refractivity contribution in [3.05, 3.63) is 0 Å². The van der Waals surface area contributed by atoms with Gasteiger partial charge < -0.3 is 11.5 Å². The highest BCUT2D eigenvalue weighted by Gasteiger charge is 2.36. The largest absolute Gasteiger partial charge is 0.369 e. The van der Waals surface area contributed by atoms with Gasteiger partial charge in [-0.1, -0.05) is 19.8 Å². The number of likely N-dealkylation sites (tertiary alicyclic amines) is 1. The smallest absolute Gasteiger partial charge is 0.221 e. The highest BCUT2D eigenvalue weighted by atomic mass is 16.1. The molecule has 4 unspecified atom stereocenters. The summed E-state index contributed by atoms with van der Waals surface area (Å²) < 4.78 is 0. The zero-order valence-electron chi connectivity index (χ0n) is 12.2. The molecule has 4 nitrogen and oxygen atoms in total. The number of carbonyl (C=O) groups is 1. The number of carbonyl (C=O) groups excluding carboxylic acids is 1. The molecule has 1 heterocycles. The minimum Gasteiger partial charge on any atom is -0.369 e. The summed E-state index contributed by atoms with van der Waals surface area (Å²) in [6, 6.07) is 0.575. The van der Waals surface area contributed by atoms with E-state index in [9.17, 15) is 4.79 Å². The van der Waals surface area contributed by atoms with Gasteiger partial charge in [-0.05, 0) is 50.6 Å². The standard InChI is InChI=1S/C15H29N3O/c1-2-11-5-6-12(9-16)14(8-11)18-7-3-4-13(10-18)15(17)19/h11-14H,2-10,16H2,1H3,(H2,17,19). The molecular weight excluding hydrogens is 238 g/mol. The van der Waals surface area contributed by atoms with E-state index in [2.05, 4.69) is 11.8 Å². The number of amides is 1. The Labute approximate surface area is 116 Å². The molecule has 110 valence electrons. The summed E-state index contributed by atoms with van der Waals surface area (Å²) in [6.07, 6.45) is 7.14. The predicted octanol–water partition coefficient (Wildman–Crippen LogP) is 1.34. The van der Waals surface area contributed by atoms with Crippen molar-refractivity contribution < 1.29 is 4.79 Å².